The summed E-state index contributed by atoms with van der Waals surface area (Å²) in [4.78, 5) is 10.7. The monoisotopic (exact) mass is 231 g/mol. The maximum Gasteiger partial charge on any atom is 0.224 e. The first kappa shape index (κ1) is 11.8. The van der Waals surface area contributed by atoms with E-state index in [1.54, 1.807) is 6.07 Å². The van der Waals surface area contributed by atoms with Crippen molar-refractivity contribution in [2.24, 2.45) is 5.92 Å². The minimum atomic E-state index is 0.420. The summed E-state index contributed by atoms with van der Waals surface area (Å²) in [6.07, 6.45) is 1.21. The number of aryl methyl sites for hydroxylation is 1. The van der Waals surface area contributed by atoms with Crippen molar-refractivity contribution in [1.29, 1.82) is 5.26 Å². The lowest BCUT2D eigenvalue weighted by atomic mass is 10.1. The number of anilines is 1. The van der Waals surface area contributed by atoms with Crippen LogP contribution in [0.1, 0.15) is 17.8 Å². The van der Waals surface area contributed by atoms with Crippen molar-refractivity contribution in [3.05, 3.63) is 17.5 Å². The Morgan fingerprint density at radius 1 is 1.59 bits per heavy atom. The largest absolute Gasteiger partial charge is 0.354 e. The van der Waals surface area contributed by atoms with Crippen LogP contribution >= 0.6 is 0 Å². The van der Waals surface area contributed by atoms with Crippen LogP contribution in [0, 0.1) is 24.2 Å². The molecule has 1 unspecified atom stereocenters. The van der Waals surface area contributed by atoms with Crippen LogP contribution in [0.3, 0.4) is 0 Å². The van der Waals surface area contributed by atoms with Gasteiger partial charge in [-0.05, 0) is 38.9 Å². The first-order valence-electron chi connectivity index (χ1n) is 5.85. The van der Waals surface area contributed by atoms with Gasteiger partial charge in [0.25, 0.3) is 0 Å². The van der Waals surface area contributed by atoms with Crippen molar-refractivity contribution < 1.29 is 0 Å². The first-order valence-corrected chi connectivity index (χ1v) is 5.85. The highest BCUT2D eigenvalue weighted by atomic mass is 15.1. The van der Waals surface area contributed by atoms with Gasteiger partial charge in [-0.1, -0.05) is 0 Å². The number of rotatable bonds is 3. The average molecular weight is 231 g/mol. The molecule has 0 saturated carbocycles. The second-order valence-electron chi connectivity index (χ2n) is 4.63. The molecule has 1 aliphatic rings. The van der Waals surface area contributed by atoms with Gasteiger partial charge < -0.3 is 10.2 Å². The third-order valence-electron chi connectivity index (χ3n) is 3.01. The summed E-state index contributed by atoms with van der Waals surface area (Å²) in [5, 5.41) is 12.0. The highest BCUT2D eigenvalue weighted by Gasteiger charge is 2.19. The predicted molar refractivity (Wildman–Crippen MR) is 65.6 cm³/mol. The van der Waals surface area contributed by atoms with Crippen molar-refractivity contribution in [3.8, 4) is 6.07 Å². The number of hydrogen-bond acceptors (Lipinski definition) is 5. The molecule has 1 fully saturated rings. The van der Waals surface area contributed by atoms with E-state index in [0.29, 0.717) is 17.6 Å². The molecule has 1 aromatic rings. The molecule has 1 saturated heterocycles. The lowest BCUT2D eigenvalue weighted by Gasteiger charge is -2.11. The lowest BCUT2D eigenvalue weighted by molar-refractivity contribution is 0.399. The molecule has 0 bridgehead atoms. The minimum Gasteiger partial charge on any atom is -0.354 e. The SMILES string of the molecule is Cc1cc(C#N)nc(NCC2CCN(C)C2)n1. The maximum atomic E-state index is 8.83. The minimum absolute atomic E-state index is 0.420. The van der Waals surface area contributed by atoms with Crippen LogP contribution < -0.4 is 5.32 Å². The molecule has 0 amide bonds. The van der Waals surface area contributed by atoms with E-state index in [1.807, 2.05) is 13.0 Å². The van der Waals surface area contributed by atoms with Gasteiger partial charge in [-0.2, -0.15) is 5.26 Å². The fraction of sp³-hybridized carbons (Fsp3) is 0.583. The average Bonchev–Trinajstić information content (AvgIpc) is 2.72. The van der Waals surface area contributed by atoms with Crippen molar-refractivity contribution in [2.75, 3.05) is 32.0 Å². The third-order valence-corrected chi connectivity index (χ3v) is 3.01. The lowest BCUT2D eigenvalue weighted by Crippen LogP contribution is -2.20. The quantitative estimate of drug-likeness (QED) is 0.841. The molecule has 0 radical (unpaired) electrons. The number of hydrogen-bond donors (Lipinski definition) is 1. The molecule has 2 rings (SSSR count). The van der Waals surface area contributed by atoms with Gasteiger partial charge in [0.2, 0.25) is 5.95 Å². The molecule has 1 atom stereocenters. The first-order chi connectivity index (χ1) is 8.17. The number of likely N-dealkylation sites (tertiary alicyclic amines) is 1. The van der Waals surface area contributed by atoms with Gasteiger partial charge in [0.15, 0.2) is 0 Å². The molecule has 2 heterocycles. The summed E-state index contributed by atoms with van der Waals surface area (Å²) < 4.78 is 0. The molecule has 5 nitrogen and oxygen atoms in total. The summed E-state index contributed by atoms with van der Waals surface area (Å²) in [6, 6.07) is 3.73. The van der Waals surface area contributed by atoms with Crippen LogP contribution in [0.15, 0.2) is 6.07 Å². The fourth-order valence-corrected chi connectivity index (χ4v) is 2.13. The molecular formula is C12H17N5. The molecule has 1 aliphatic heterocycles. The zero-order valence-corrected chi connectivity index (χ0v) is 10.3. The predicted octanol–water partition coefficient (Wildman–Crippen LogP) is 1.02. The van der Waals surface area contributed by atoms with Gasteiger partial charge in [-0.25, -0.2) is 9.97 Å². The molecule has 0 aromatic carbocycles. The Labute approximate surface area is 101 Å². The van der Waals surface area contributed by atoms with Crippen LogP contribution in [-0.4, -0.2) is 41.5 Å². The van der Waals surface area contributed by atoms with Gasteiger partial charge in [0.1, 0.15) is 11.8 Å². The summed E-state index contributed by atoms with van der Waals surface area (Å²) in [5.74, 6) is 1.21. The van der Waals surface area contributed by atoms with Crippen LogP contribution in [0.4, 0.5) is 5.95 Å². The van der Waals surface area contributed by atoms with Crippen LogP contribution in [0.2, 0.25) is 0 Å². The van der Waals surface area contributed by atoms with Crippen molar-refractivity contribution in [1.82, 2.24) is 14.9 Å². The maximum absolute atomic E-state index is 8.83. The van der Waals surface area contributed by atoms with Crippen LogP contribution in [-0.2, 0) is 0 Å². The Kier molecular flexibility index (Phi) is 3.55. The smallest absolute Gasteiger partial charge is 0.224 e. The van der Waals surface area contributed by atoms with Gasteiger partial charge in [-0.15, -0.1) is 0 Å². The Balaban J connectivity index is 1.95. The second kappa shape index (κ2) is 5.11. The van der Waals surface area contributed by atoms with Gasteiger partial charge in [0.05, 0.1) is 0 Å². The van der Waals surface area contributed by atoms with Crippen LogP contribution in [0.25, 0.3) is 0 Å². The Morgan fingerprint density at radius 3 is 3.06 bits per heavy atom. The number of nitrogens with zero attached hydrogens (tertiary/aromatic N) is 4. The normalized spacial score (nSPS) is 20.2. The van der Waals surface area contributed by atoms with Gasteiger partial charge in [-0.3, -0.25) is 0 Å². The summed E-state index contributed by atoms with van der Waals surface area (Å²) in [7, 11) is 2.14. The number of aromatic nitrogens is 2. The van der Waals surface area contributed by atoms with E-state index >= 15 is 0 Å². The summed E-state index contributed by atoms with van der Waals surface area (Å²) in [6.45, 7) is 5.02. The van der Waals surface area contributed by atoms with Gasteiger partial charge in [0, 0.05) is 18.8 Å². The van der Waals surface area contributed by atoms with E-state index in [9.17, 15) is 0 Å². The second-order valence-corrected chi connectivity index (χ2v) is 4.63. The summed E-state index contributed by atoms with van der Waals surface area (Å²) in [5.41, 5.74) is 1.24. The molecule has 0 spiro atoms. The molecule has 1 aromatic heterocycles. The standard InChI is InChI=1S/C12H17N5/c1-9-5-11(6-13)16-12(15-9)14-7-10-3-4-17(2)8-10/h5,10H,3-4,7-8H2,1-2H3,(H,14,15,16). The third kappa shape index (κ3) is 3.14. The zero-order valence-electron chi connectivity index (χ0n) is 10.3. The van der Waals surface area contributed by atoms with E-state index in [-0.39, 0.29) is 0 Å². The Bertz CT molecular complexity index is 437. The van der Waals surface area contributed by atoms with Crippen molar-refractivity contribution in [2.45, 2.75) is 13.3 Å². The highest BCUT2D eigenvalue weighted by molar-refractivity contribution is 5.32. The molecule has 0 aliphatic carbocycles. The summed E-state index contributed by atoms with van der Waals surface area (Å²) >= 11 is 0. The Hall–Kier alpha value is -1.67. The topological polar surface area (TPSA) is 64.8 Å². The van der Waals surface area contributed by atoms with E-state index in [1.165, 1.54) is 6.42 Å². The molecule has 17 heavy (non-hydrogen) atoms. The molecule has 90 valence electrons. The molecule has 1 N–H and O–H groups in total. The molecular weight excluding hydrogens is 214 g/mol. The fourth-order valence-electron chi connectivity index (χ4n) is 2.13. The van der Waals surface area contributed by atoms with E-state index in [4.69, 9.17) is 5.26 Å². The van der Waals surface area contributed by atoms with E-state index < -0.39 is 0 Å². The van der Waals surface area contributed by atoms with Crippen molar-refractivity contribution >= 4 is 5.95 Å². The highest BCUT2D eigenvalue weighted by Crippen LogP contribution is 2.14. The number of nitrogens with one attached hydrogen (secondary N) is 1. The molecule has 5 heteroatoms. The van der Waals surface area contributed by atoms with Crippen LogP contribution in [0.5, 0.6) is 0 Å². The zero-order chi connectivity index (χ0) is 12.3. The van der Waals surface area contributed by atoms with Gasteiger partial charge >= 0.3 is 0 Å². The van der Waals surface area contributed by atoms with Crippen molar-refractivity contribution in [3.63, 3.8) is 0 Å². The van der Waals surface area contributed by atoms with E-state index in [0.717, 1.165) is 25.3 Å². The Morgan fingerprint density at radius 2 is 2.41 bits per heavy atom. The van der Waals surface area contributed by atoms with E-state index in [2.05, 4.69) is 27.2 Å². The number of nitriles is 1.